The monoisotopic (exact) mass is 436 g/mol. The van der Waals surface area contributed by atoms with Crippen LogP contribution in [0.1, 0.15) is 27.8 Å². The first kappa shape index (κ1) is 23.7. The predicted octanol–water partition coefficient (Wildman–Crippen LogP) is 3.80. The standard InChI is InChI=1S/C26H32N2O4/c1-17-7-10-22(20(4)15-17)28-25(29)23(21-9-8-18(2)19(3)16-21)24(26(28)30)27(11-13-31-5)12-14-32-6/h7-10,15-16H,11-14H2,1-6H3. The van der Waals surface area contributed by atoms with Gasteiger partial charge in [-0.25, -0.2) is 4.90 Å². The summed E-state index contributed by atoms with van der Waals surface area (Å²) in [5, 5.41) is 0. The summed E-state index contributed by atoms with van der Waals surface area (Å²) in [6.07, 6.45) is 0. The number of methoxy groups -OCH3 is 2. The number of carbonyl (C=O) groups is 2. The Bertz CT molecular complexity index is 1050. The van der Waals surface area contributed by atoms with Gasteiger partial charge >= 0.3 is 0 Å². The molecule has 2 aromatic rings. The molecule has 1 aliphatic heterocycles. The van der Waals surface area contributed by atoms with Gasteiger partial charge in [0.2, 0.25) is 0 Å². The van der Waals surface area contributed by atoms with E-state index in [4.69, 9.17) is 9.47 Å². The van der Waals surface area contributed by atoms with Gasteiger partial charge in [0.05, 0.1) is 24.5 Å². The van der Waals surface area contributed by atoms with E-state index in [0.29, 0.717) is 43.3 Å². The summed E-state index contributed by atoms with van der Waals surface area (Å²) >= 11 is 0. The molecular weight excluding hydrogens is 404 g/mol. The first-order valence-corrected chi connectivity index (χ1v) is 10.8. The Labute approximate surface area is 190 Å². The zero-order valence-corrected chi connectivity index (χ0v) is 19.8. The Hall–Kier alpha value is -2.96. The van der Waals surface area contributed by atoms with Crippen LogP contribution in [0.5, 0.6) is 0 Å². The highest BCUT2D eigenvalue weighted by molar-refractivity contribution is 6.45. The number of carbonyl (C=O) groups excluding carboxylic acids is 2. The van der Waals surface area contributed by atoms with E-state index in [0.717, 1.165) is 27.8 Å². The minimum Gasteiger partial charge on any atom is -0.383 e. The van der Waals surface area contributed by atoms with Crippen molar-refractivity contribution in [1.82, 2.24) is 4.90 Å². The van der Waals surface area contributed by atoms with Gasteiger partial charge in [-0.1, -0.05) is 35.9 Å². The number of hydrogen-bond donors (Lipinski definition) is 0. The third kappa shape index (κ3) is 4.61. The van der Waals surface area contributed by atoms with Gasteiger partial charge in [-0.3, -0.25) is 9.59 Å². The van der Waals surface area contributed by atoms with Crippen molar-refractivity contribution in [3.63, 3.8) is 0 Å². The topological polar surface area (TPSA) is 59.1 Å². The van der Waals surface area contributed by atoms with Crippen LogP contribution in [0.15, 0.2) is 42.1 Å². The van der Waals surface area contributed by atoms with Gasteiger partial charge in [0.25, 0.3) is 11.8 Å². The molecule has 1 aliphatic rings. The lowest BCUT2D eigenvalue weighted by Gasteiger charge is -2.26. The Morgan fingerprint density at radius 2 is 1.44 bits per heavy atom. The van der Waals surface area contributed by atoms with Crippen LogP contribution in [0.2, 0.25) is 0 Å². The van der Waals surface area contributed by atoms with Gasteiger partial charge in [0, 0.05) is 27.3 Å². The van der Waals surface area contributed by atoms with Gasteiger partial charge in [-0.05, 0) is 56.0 Å². The molecule has 0 N–H and O–H groups in total. The molecule has 0 saturated heterocycles. The number of nitrogens with zero attached hydrogens (tertiary/aromatic N) is 2. The van der Waals surface area contributed by atoms with Crippen LogP contribution in [0, 0.1) is 27.7 Å². The molecule has 0 radical (unpaired) electrons. The van der Waals surface area contributed by atoms with Gasteiger partial charge in [-0.2, -0.15) is 0 Å². The smallest absolute Gasteiger partial charge is 0.282 e. The number of rotatable bonds is 9. The lowest BCUT2D eigenvalue weighted by atomic mass is 9.99. The summed E-state index contributed by atoms with van der Waals surface area (Å²) in [7, 11) is 3.24. The Balaban J connectivity index is 2.18. The minimum atomic E-state index is -0.317. The van der Waals surface area contributed by atoms with Crippen molar-refractivity contribution in [2.75, 3.05) is 45.4 Å². The normalized spacial score (nSPS) is 14.0. The average Bonchev–Trinajstić information content (AvgIpc) is 3.01. The van der Waals surface area contributed by atoms with Gasteiger partial charge < -0.3 is 14.4 Å². The van der Waals surface area contributed by atoms with Crippen LogP contribution >= 0.6 is 0 Å². The lowest BCUT2D eigenvalue weighted by molar-refractivity contribution is -0.120. The van der Waals surface area contributed by atoms with Crippen LogP contribution in [-0.2, 0) is 19.1 Å². The van der Waals surface area contributed by atoms with Crippen LogP contribution in [0.4, 0.5) is 5.69 Å². The largest absolute Gasteiger partial charge is 0.383 e. The van der Waals surface area contributed by atoms with Crippen molar-refractivity contribution in [2.24, 2.45) is 0 Å². The molecule has 0 unspecified atom stereocenters. The quantitative estimate of drug-likeness (QED) is 0.560. The number of aryl methyl sites for hydroxylation is 4. The molecule has 0 aromatic heterocycles. The van der Waals surface area contributed by atoms with Crippen LogP contribution in [-0.4, -0.2) is 57.2 Å². The number of imide groups is 1. The maximum absolute atomic E-state index is 13.8. The van der Waals surface area contributed by atoms with Crippen molar-refractivity contribution in [2.45, 2.75) is 27.7 Å². The molecule has 3 rings (SSSR count). The number of benzene rings is 2. The fourth-order valence-corrected chi connectivity index (χ4v) is 3.98. The van der Waals surface area contributed by atoms with Crippen molar-refractivity contribution in [1.29, 1.82) is 0 Å². The van der Waals surface area contributed by atoms with E-state index in [2.05, 4.69) is 0 Å². The molecular formula is C26H32N2O4. The van der Waals surface area contributed by atoms with E-state index in [1.54, 1.807) is 14.2 Å². The number of ether oxygens (including phenoxy) is 2. The molecule has 0 fully saturated rings. The van der Waals surface area contributed by atoms with E-state index in [9.17, 15) is 9.59 Å². The zero-order chi connectivity index (χ0) is 23.4. The molecule has 6 heteroatoms. The number of hydrogen-bond acceptors (Lipinski definition) is 5. The summed E-state index contributed by atoms with van der Waals surface area (Å²) in [6, 6.07) is 11.6. The van der Waals surface area contributed by atoms with Crippen molar-refractivity contribution in [3.8, 4) is 0 Å². The molecule has 0 saturated carbocycles. The highest BCUT2D eigenvalue weighted by atomic mass is 16.5. The molecule has 170 valence electrons. The first-order valence-electron chi connectivity index (χ1n) is 10.8. The zero-order valence-electron chi connectivity index (χ0n) is 19.8. The summed E-state index contributed by atoms with van der Waals surface area (Å²) < 4.78 is 10.6. The SMILES string of the molecule is COCCN(CCOC)C1=C(c2ccc(C)c(C)c2)C(=O)N(c2ccc(C)cc2C)C1=O. The molecule has 0 spiro atoms. The predicted molar refractivity (Wildman–Crippen MR) is 127 cm³/mol. The summed E-state index contributed by atoms with van der Waals surface area (Å²) in [5.41, 5.74) is 6.34. The first-order chi connectivity index (χ1) is 15.3. The van der Waals surface area contributed by atoms with Crippen molar-refractivity contribution >= 4 is 23.1 Å². The van der Waals surface area contributed by atoms with E-state index < -0.39 is 0 Å². The van der Waals surface area contributed by atoms with E-state index in [-0.39, 0.29) is 11.8 Å². The number of anilines is 1. The minimum absolute atomic E-state index is 0.306. The van der Waals surface area contributed by atoms with E-state index in [1.165, 1.54) is 4.90 Å². The molecule has 32 heavy (non-hydrogen) atoms. The summed E-state index contributed by atoms with van der Waals surface area (Å²) in [4.78, 5) is 30.8. The fourth-order valence-electron chi connectivity index (χ4n) is 3.98. The van der Waals surface area contributed by atoms with Crippen molar-refractivity contribution < 1.29 is 19.1 Å². The Kier molecular flexibility index (Phi) is 7.48. The number of amides is 2. The summed E-state index contributed by atoms with van der Waals surface area (Å²) in [5.74, 6) is -0.623. The van der Waals surface area contributed by atoms with Crippen LogP contribution in [0.3, 0.4) is 0 Å². The highest BCUT2D eigenvalue weighted by Gasteiger charge is 2.42. The second-order valence-electron chi connectivity index (χ2n) is 8.23. The molecule has 0 aliphatic carbocycles. The maximum Gasteiger partial charge on any atom is 0.282 e. The fraction of sp³-hybridized carbons (Fsp3) is 0.385. The van der Waals surface area contributed by atoms with Gasteiger partial charge in [0.1, 0.15) is 5.70 Å². The third-order valence-electron chi connectivity index (χ3n) is 5.90. The van der Waals surface area contributed by atoms with E-state index in [1.807, 2.05) is 69.0 Å². The van der Waals surface area contributed by atoms with Gasteiger partial charge in [0.15, 0.2) is 0 Å². The lowest BCUT2D eigenvalue weighted by Crippen LogP contribution is -2.38. The maximum atomic E-state index is 13.8. The van der Waals surface area contributed by atoms with Gasteiger partial charge in [-0.15, -0.1) is 0 Å². The molecule has 0 atom stereocenters. The highest BCUT2D eigenvalue weighted by Crippen LogP contribution is 2.36. The molecule has 2 aromatic carbocycles. The van der Waals surface area contributed by atoms with Crippen LogP contribution < -0.4 is 4.90 Å². The van der Waals surface area contributed by atoms with Crippen LogP contribution in [0.25, 0.3) is 5.57 Å². The average molecular weight is 437 g/mol. The Morgan fingerprint density at radius 1 is 0.781 bits per heavy atom. The molecule has 2 amide bonds. The molecule has 6 nitrogen and oxygen atoms in total. The second kappa shape index (κ2) is 10.1. The summed E-state index contributed by atoms with van der Waals surface area (Å²) in [6.45, 7) is 9.76. The van der Waals surface area contributed by atoms with Crippen molar-refractivity contribution in [3.05, 3.63) is 69.9 Å². The second-order valence-corrected chi connectivity index (χ2v) is 8.23. The molecule has 0 bridgehead atoms. The molecule has 1 heterocycles. The Morgan fingerprint density at radius 3 is 2.00 bits per heavy atom. The van der Waals surface area contributed by atoms with E-state index >= 15 is 0 Å². The third-order valence-corrected chi connectivity index (χ3v) is 5.90.